The van der Waals surface area contributed by atoms with Crippen LogP contribution in [-0.2, 0) is 4.74 Å². The lowest BCUT2D eigenvalue weighted by atomic mass is 10.2. The van der Waals surface area contributed by atoms with E-state index < -0.39 is 0 Å². The van der Waals surface area contributed by atoms with E-state index in [2.05, 4.69) is 15.9 Å². The molecular weight excluding hydrogens is 252 g/mol. The van der Waals surface area contributed by atoms with Gasteiger partial charge in [-0.3, -0.25) is 4.90 Å². The van der Waals surface area contributed by atoms with Gasteiger partial charge in [0.1, 0.15) is 0 Å². The fourth-order valence-electron chi connectivity index (χ4n) is 3.11. The second-order valence-corrected chi connectivity index (χ2v) is 5.42. The number of nitrogen functional groups attached to an aromatic ring is 1. The predicted octanol–water partition coefficient (Wildman–Crippen LogP) is 1.05. The molecule has 2 fully saturated rings. The number of anilines is 2. The van der Waals surface area contributed by atoms with E-state index >= 15 is 0 Å². The summed E-state index contributed by atoms with van der Waals surface area (Å²) in [6, 6.07) is 8.29. The molecule has 0 bridgehead atoms. The average Bonchev–Trinajstić information content (AvgIpc) is 2.97. The van der Waals surface area contributed by atoms with Gasteiger partial charge in [0.15, 0.2) is 0 Å². The minimum atomic E-state index is 0.592. The minimum Gasteiger partial charge on any atom is -0.397 e. The molecule has 0 saturated carbocycles. The van der Waals surface area contributed by atoms with Crippen molar-refractivity contribution >= 4 is 11.4 Å². The van der Waals surface area contributed by atoms with Crippen molar-refractivity contribution < 1.29 is 4.74 Å². The van der Waals surface area contributed by atoms with Gasteiger partial charge >= 0.3 is 0 Å². The summed E-state index contributed by atoms with van der Waals surface area (Å²) < 4.78 is 5.41. The Labute approximate surface area is 119 Å². The highest BCUT2D eigenvalue weighted by Crippen LogP contribution is 2.29. The van der Waals surface area contributed by atoms with Crippen molar-refractivity contribution in [2.24, 2.45) is 0 Å². The van der Waals surface area contributed by atoms with Gasteiger partial charge in [-0.1, -0.05) is 0 Å². The van der Waals surface area contributed by atoms with Crippen LogP contribution in [0.1, 0.15) is 12.0 Å². The molecule has 106 valence electrons. The van der Waals surface area contributed by atoms with Crippen molar-refractivity contribution in [1.29, 1.82) is 5.26 Å². The van der Waals surface area contributed by atoms with Crippen LogP contribution in [0.5, 0.6) is 0 Å². The van der Waals surface area contributed by atoms with Gasteiger partial charge in [0.05, 0.1) is 36.2 Å². The smallest absolute Gasteiger partial charge is 0.0992 e. The molecule has 1 unspecified atom stereocenters. The van der Waals surface area contributed by atoms with E-state index in [4.69, 9.17) is 15.7 Å². The van der Waals surface area contributed by atoms with Crippen LogP contribution in [0.2, 0.25) is 0 Å². The molecule has 1 atom stereocenters. The third-order valence-electron chi connectivity index (χ3n) is 4.22. The lowest BCUT2D eigenvalue weighted by molar-refractivity contribution is 0.0209. The fourth-order valence-corrected chi connectivity index (χ4v) is 3.11. The van der Waals surface area contributed by atoms with E-state index in [9.17, 15) is 0 Å². The molecule has 0 aliphatic carbocycles. The van der Waals surface area contributed by atoms with Crippen LogP contribution < -0.4 is 10.6 Å². The molecule has 0 radical (unpaired) electrons. The number of morpholine rings is 1. The van der Waals surface area contributed by atoms with Crippen molar-refractivity contribution in [3.63, 3.8) is 0 Å². The standard InChI is InChI=1S/C15H20N4O/c16-10-12-1-2-15(14(17)9-12)19-4-3-13(11-19)18-5-7-20-8-6-18/h1-2,9,13H,3-8,11,17H2. The molecule has 2 aliphatic heterocycles. The maximum atomic E-state index is 8.89. The van der Waals surface area contributed by atoms with Gasteiger partial charge in [0, 0.05) is 32.2 Å². The van der Waals surface area contributed by atoms with Crippen molar-refractivity contribution in [3.8, 4) is 6.07 Å². The third kappa shape index (κ3) is 2.58. The molecule has 5 heteroatoms. The average molecular weight is 272 g/mol. The maximum absolute atomic E-state index is 8.89. The van der Waals surface area contributed by atoms with Crippen LogP contribution in [-0.4, -0.2) is 50.3 Å². The number of benzene rings is 1. The van der Waals surface area contributed by atoms with E-state index in [1.54, 1.807) is 6.07 Å². The van der Waals surface area contributed by atoms with Gasteiger partial charge in [-0.2, -0.15) is 5.26 Å². The summed E-state index contributed by atoms with van der Waals surface area (Å²) in [5.41, 5.74) is 8.45. The Morgan fingerprint density at radius 1 is 1.25 bits per heavy atom. The first-order chi connectivity index (χ1) is 9.78. The Morgan fingerprint density at radius 2 is 2.05 bits per heavy atom. The molecule has 2 N–H and O–H groups in total. The highest BCUT2D eigenvalue weighted by molar-refractivity contribution is 5.70. The predicted molar refractivity (Wildman–Crippen MR) is 78.6 cm³/mol. The SMILES string of the molecule is N#Cc1ccc(N2CCC(N3CCOCC3)C2)c(N)c1. The number of ether oxygens (including phenoxy) is 1. The van der Waals surface area contributed by atoms with Crippen LogP contribution in [0.25, 0.3) is 0 Å². The number of rotatable bonds is 2. The van der Waals surface area contributed by atoms with Crippen molar-refractivity contribution in [3.05, 3.63) is 23.8 Å². The summed E-state index contributed by atoms with van der Waals surface area (Å²) in [5.74, 6) is 0. The van der Waals surface area contributed by atoms with E-state index in [0.29, 0.717) is 17.3 Å². The monoisotopic (exact) mass is 272 g/mol. The second kappa shape index (κ2) is 5.70. The molecule has 2 aliphatic rings. The summed E-state index contributed by atoms with van der Waals surface area (Å²) in [6.07, 6.45) is 1.17. The van der Waals surface area contributed by atoms with E-state index in [0.717, 1.165) is 45.1 Å². The topological polar surface area (TPSA) is 65.5 Å². The molecule has 0 amide bonds. The van der Waals surface area contributed by atoms with Gasteiger partial charge in [0.25, 0.3) is 0 Å². The molecule has 2 heterocycles. The maximum Gasteiger partial charge on any atom is 0.0992 e. The molecule has 1 aromatic rings. The van der Waals surface area contributed by atoms with E-state index in [-0.39, 0.29) is 0 Å². The largest absolute Gasteiger partial charge is 0.397 e. The number of hydrogen-bond donors (Lipinski definition) is 1. The molecule has 0 aromatic heterocycles. The van der Waals surface area contributed by atoms with E-state index in [1.165, 1.54) is 6.42 Å². The Balaban J connectivity index is 1.69. The van der Waals surface area contributed by atoms with Crippen LogP contribution >= 0.6 is 0 Å². The highest BCUT2D eigenvalue weighted by atomic mass is 16.5. The lowest BCUT2D eigenvalue weighted by Gasteiger charge is -2.32. The van der Waals surface area contributed by atoms with Gasteiger partial charge in [-0.25, -0.2) is 0 Å². The van der Waals surface area contributed by atoms with Gasteiger partial charge in [-0.15, -0.1) is 0 Å². The van der Waals surface area contributed by atoms with E-state index in [1.807, 2.05) is 12.1 Å². The number of nitrogens with two attached hydrogens (primary N) is 1. The second-order valence-electron chi connectivity index (χ2n) is 5.42. The molecule has 2 saturated heterocycles. The number of nitriles is 1. The third-order valence-corrected chi connectivity index (χ3v) is 4.22. The zero-order chi connectivity index (χ0) is 13.9. The highest BCUT2D eigenvalue weighted by Gasteiger charge is 2.29. The van der Waals surface area contributed by atoms with Crippen LogP contribution in [0.3, 0.4) is 0 Å². The molecule has 5 nitrogen and oxygen atoms in total. The first-order valence-corrected chi connectivity index (χ1v) is 7.14. The van der Waals surface area contributed by atoms with Crippen LogP contribution in [0.15, 0.2) is 18.2 Å². The van der Waals surface area contributed by atoms with Crippen LogP contribution in [0, 0.1) is 11.3 Å². The number of hydrogen-bond acceptors (Lipinski definition) is 5. The van der Waals surface area contributed by atoms with Crippen LogP contribution in [0.4, 0.5) is 11.4 Å². The molecule has 3 rings (SSSR count). The Hall–Kier alpha value is -1.77. The lowest BCUT2D eigenvalue weighted by Crippen LogP contribution is -2.44. The zero-order valence-corrected chi connectivity index (χ0v) is 11.6. The summed E-state index contributed by atoms with van der Waals surface area (Å²) in [4.78, 5) is 4.85. The van der Waals surface area contributed by atoms with Gasteiger partial charge < -0.3 is 15.4 Å². The number of nitrogens with zero attached hydrogens (tertiary/aromatic N) is 3. The first-order valence-electron chi connectivity index (χ1n) is 7.14. The molecule has 0 spiro atoms. The summed E-state index contributed by atoms with van der Waals surface area (Å²) >= 11 is 0. The first kappa shape index (κ1) is 13.2. The van der Waals surface area contributed by atoms with Gasteiger partial charge in [-0.05, 0) is 24.6 Å². The Bertz CT molecular complexity index is 519. The summed E-state index contributed by atoms with van der Waals surface area (Å²) in [6.45, 7) is 5.78. The normalized spacial score (nSPS) is 23.8. The minimum absolute atomic E-state index is 0.592. The summed E-state index contributed by atoms with van der Waals surface area (Å²) in [5, 5.41) is 8.89. The molecular formula is C15H20N4O. The molecule has 1 aromatic carbocycles. The van der Waals surface area contributed by atoms with Crippen molar-refractivity contribution in [2.45, 2.75) is 12.5 Å². The zero-order valence-electron chi connectivity index (χ0n) is 11.6. The Morgan fingerprint density at radius 3 is 2.75 bits per heavy atom. The Kier molecular flexibility index (Phi) is 3.77. The molecule has 20 heavy (non-hydrogen) atoms. The quantitative estimate of drug-likeness (QED) is 0.815. The van der Waals surface area contributed by atoms with Crippen molar-refractivity contribution in [2.75, 3.05) is 50.0 Å². The van der Waals surface area contributed by atoms with Gasteiger partial charge in [0.2, 0.25) is 0 Å². The van der Waals surface area contributed by atoms with Crippen molar-refractivity contribution in [1.82, 2.24) is 4.90 Å². The fraction of sp³-hybridized carbons (Fsp3) is 0.533. The summed E-state index contributed by atoms with van der Waals surface area (Å²) in [7, 11) is 0.